The summed E-state index contributed by atoms with van der Waals surface area (Å²) in [5, 5.41) is 4.56. The van der Waals surface area contributed by atoms with Gasteiger partial charge in [-0.05, 0) is 51.3 Å². The summed E-state index contributed by atoms with van der Waals surface area (Å²) in [6.45, 7) is 5.55. The van der Waals surface area contributed by atoms with Crippen LogP contribution in [0.25, 0.3) is 11.0 Å². The average Bonchev–Trinajstić information content (AvgIpc) is 2.98. The molecule has 3 heterocycles. The van der Waals surface area contributed by atoms with E-state index in [9.17, 15) is 4.79 Å². The number of hydrogen-bond acceptors (Lipinski definition) is 4. The molecule has 0 bridgehead atoms. The van der Waals surface area contributed by atoms with Gasteiger partial charge in [0, 0.05) is 12.2 Å². The van der Waals surface area contributed by atoms with Gasteiger partial charge in [0.25, 0.3) is 5.91 Å². The number of amides is 1. The second-order valence-corrected chi connectivity index (χ2v) is 7.00. The number of para-hydroxylation sites is 2. The van der Waals surface area contributed by atoms with E-state index in [1.165, 1.54) is 0 Å². The number of nitrogens with zero attached hydrogens (tertiary/aromatic N) is 5. The lowest BCUT2D eigenvalue weighted by atomic mass is 10.0. The smallest absolute Gasteiger partial charge is 0.274 e. The van der Waals surface area contributed by atoms with Crippen LogP contribution in [-0.2, 0) is 6.54 Å². The van der Waals surface area contributed by atoms with Crippen LogP contribution < -0.4 is 0 Å². The number of aromatic nitrogens is 4. The SMILES string of the molecule is Cc1cc(C)n(CC2CCCCN2C(=O)c2cnc3ccccc3n2)n1. The first-order valence-corrected chi connectivity index (χ1v) is 9.15. The van der Waals surface area contributed by atoms with Gasteiger partial charge in [0.05, 0.1) is 35.5 Å². The summed E-state index contributed by atoms with van der Waals surface area (Å²) in [7, 11) is 0. The summed E-state index contributed by atoms with van der Waals surface area (Å²) in [6, 6.07) is 9.85. The summed E-state index contributed by atoms with van der Waals surface area (Å²) in [5.74, 6) is -0.0329. The lowest BCUT2D eigenvalue weighted by Gasteiger charge is -2.35. The highest BCUT2D eigenvalue weighted by atomic mass is 16.2. The summed E-state index contributed by atoms with van der Waals surface area (Å²) in [5.41, 5.74) is 4.12. The van der Waals surface area contributed by atoms with E-state index in [0.29, 0.717) is 5.69 Å². The number of carbonyl (C=O) groups is 1. The van der Waals surface area contributed by atoms with Crippen LogP contribution in [0.2, 0.25) is 0 Å². The fourth-order valence-corrected chi connectivity index (χ4v) is 3.72. The van der Waals surface area contributed by atoms with E-state index in [1.54, 1.807) is 6.20 Å². The Labute approximate surface area is 152 Å². The highest BCUT2D eigenvalue weighted by molar-refractivity contribution is 5.94. The fourth-order valence-electron chi connectivity index (χ4n) is 3.72. The van der Waals surface area contributed by atoms with Crippen LogP contribution >= 0.6 is 0 Å². The number of aryl methyl sites for hydroxylation is 2. The molecule has 0 N–H and O–H groups in total. The molecule has 1 unspecified atom stereocenters. The van der Waals surface area contributed by atoms with Crippen molar-refractivity contribution >= 4 is 16.9 Å². The quantitative estimate of drug-likeness (QED) is 0.729. The number of fused-ring (bicyclic) bond motifs is 1. The first kappa shape index (κ1) is 16.7. The highest BCUT2D eigenvalue weighted by Crippen LogP contribution is 2.22. The van der Waals surface area contributed by atoms with E-state index < -0.39 is 0 Å². The maximum Gasteiger partial charge on any atom is 0.274 e. The molecule has 1 saturated heterocycles. The van der Waals surface area contributed by atoms with E-state index in [-0.39, 0.29) is 11.9 Å². The Hall–Kier alpha value is -2.76. The number of likely N-dealkylation sites (tertiary alicyclic amines) is 1. The molecule has 6 heteroatoms. The van der Waals surface area contributed by atoms with E-state index in [0.717, 1.165) is 54.8 Å². The summed E-state index contributed by atoms with van der Waals surface area (Å²) >= 11 is 0. The maximum atomic E-state index is 13.1. The van der Waals surface area contributed by atoms with Crippen LogP contribution in [0.4, 0.5) is 0 Å². The number of rotatable bonds is 3. The van der Waals surface area contributed by atoms with Crippen LogP contribution in [0.3, 0.4) is 0 Å². The zero-order valence-corrected chi connectivity index (χ0v) is 15.2. The largest absolute Gasteiger partial charge is 0.332 e. The van der Waals surface area contributed by atoms with E-state index in [4.69, 9.17) is 0 Å². The zero-order chi connectivity index (χ0) is 18.1. The number of carbonyl (C=O) groups excluding carboxylic acids is 1. The van der Waals surface area contributed by atoms with Crippen molar-refractivity contribution < 1.29 is 4.79 Å². The van der Waals surface area contributed by atoms with Crippen molar-refractivity contribution in [1.82, 2.24) is 24.6 Å². The third-order valence-corrected chi connectivity index (χ3v) is 5.04. The monoisotopic (exact) mass is 349 g/mol. The van der Waals surface area contributed by atoms with Gasteiger partial charge in [-0.1, -0.05) is 12.1 Å². The molecule has 1 aliphatic rings. The Kier molecular flexibility index (Phi) is 4.41. The summed E-state index contributed by atoms with van der Waals surface area (Å²) in [4.78, 5) is 24.0. The minimum absolute atomic E-state index is 0.0329. The topological polar surface area (TPSA) is 63.9 Å². The predicted octanol–water partition coefficient (Wildman–Crippen LogP) is 3.14. The first-order valence-electron chi connectivity index (χ1n) is 9.15. The second-order valence-electron chi connectivity index (χ2n) is 7.00. The lowest BCUT2D eigenvalue weighted by Crippen LogP contribution is -2.46. The minimum Gasteiger partial charge on any atom is -0.332 e. The van der Waals surface area contributed by atoms with Crippen LogP contribution in [-0.4, -0.2) is 43.1 Å². The van der Waals surface area contributed by atoms with Crippen molar-refractivity contribution in [3.8, 4) is 0 Å². The van der Waals surface area contributed by atoms with Gasteiger partial charge < -0.3 is 4.90 Å². The molecule has 1 atom stereocenters. The molecule has 4 rings (SSSR count). The molecule has 1 amide bonds. The molecule has 134 valence electrons. The minimum atomic E-state index is -0.0329. The van der Waals surface area contributed by atoms with Crippen molar-refractivity contribution in [2.24, 2.45) is 0 Å². The van der Waals surface area contributed by atoms with Crippen LogP contribution in [0.5, 0.6) is 0 Å². The van der Waals surface area contributed by atoms with Gasteiger partial charge in [0.1, 0.15) is 5.69 Å². The molecule has 0 spiro atoms. The van der Waals surface area contributed by atoms with Gasteiger partial charge in [-0.15, -0.1) is 0 Å². The molecule has 26 heavy (non-hydrogen) atoms. The second kappa shape index (κ2) is 6.86. The molecule has 3 aromatic rings. The zero-order valence-electron chi connectivity index (χ0n) is 15.2. The lowest BCUT2D eigenvalue weighted by molar-refractivity contribution is 0.0576. The molecular formula is C20H23N5O. The Balaban J connectivity index is 1.60. The van der Waals surface area contributed by atoms with Crippen LogP contribution in [0.1, 0.15) is 41.1 Å². The Morgan fingerprint density at radius 2 is 2.00 bits per heavy atom. The van der Waals surface area contributed by atoms with Gasteiger partial charge >= 0.3 is 0 Å². The Bertz CT molecular complexity index is 948. The molecular weight excluding hydrogens is 326 g/mol. The standard InChI is InChI=1S/C20H23N5O/c1-14-11-15(2)25(23-14)13-16-7-5-6-10-24(16)20(26)19-12-21-17-8-3-4-9-18(17)22-19/h3-4,8-9,11-12,16H,5-7,10,13H2,1-2H3. The Morgan fingerprint density at radius 3 is 2.77 bits per heavy atom. The number of piperidine rings is 1. The first-order chi connectivity index (χ1) is 12.6. The van der Waals surface area contributed by atoms with Gasteiger partial charge in [-0.3, -0.25) is 14.5 Å². The highest BCUT2D eigenvalue weighted by Gasteiger charge is 2.29. The van der Waals surface area contributed by atoms with Crippen LogP contribution in [0, 0.1) is 13.8 Å². The molecule has 2 aromatic heterocycles. The normalized spacial score (nSPS) is 17.6. The van der Waals surface area contributed by atoms with Gasteiger partial charge in [0.2, 0.25) is 0 Å². The predicted molar refractivity (Wildman–Crippen MR) is 99.9 cm³/mol. The van der Waals surface area contributed by atoms with E-state index in [2.05, 4.69) is 28.1 Å². The molecule has 6 nitrogen and oxygen atoms in total. The molecule has 0 saturated carbocycles. The molecule has 0 radical (unpaired) electrons. The third-order valence-electron chi connectivity index (χ3n) is 5.04. The molecule has 1 fully saturated rings. The number of benzene rings is 1. The van der Waals surface area contributed by atoms with E-state index in [1.807, 2.05) is 40.8 Å². The van der Waals surface area contributed by atoms with Crippen molar-refractivity contribution in [2.45, 2.75) is 45.7 Å². The van der Waals surface area contributed by atoms with Gasteiger partial charge in [-0.25, -0.2) is 4.98 Å². The van der Waals surface area contributed by atoms with Gasteiger partial charge in [-0.2, -0.15) is 5.10 Å². The fraction of sp³-hybridized carbons (Fsp3) is 0.400. The molecule has 1 aliphatic heterocycles. The average molecular weight is 349 g/mol. The van der Waals surface area contributed by atoms with Crippen molar-refractivity contribution in [2.75, 3.05) is 6.54 Å². The summed E-state index contributed by atoms with van der Waals surface area (Å²) in [6.07, 6.45) is 4.75. The Morgan fingerprint density at radius 1 is 1.19 bits per heavy atom. The summed E-state index contributed by atoms with van der Waals surface area (Å²) < 4.78 is 2.01. The number of hydrogen-bond donors (Lipinski definition) is 0. The van der Waals surface area contributed by atoms with Crippen LogP contribution in [0.15, 0.2) is 36.5 Å². The van der Waals surface area contributed by atoms with Crippen molar-refractivity contribution in [3.63, 3.8) is 0 Å². The molecule has 0 aliphatic carbocycles. The van der Waals surface area contributed by atoms with E-state index >= 15 is 0 Å². The molecule has 1 aromatic carbocycles. The van der Waals surface area contributed by atoms with Gasteiger partial charge in [0.15, 0.2) is 0 Å². The van der Waals surface area contributed by atoms with Crippen molar-refractivity contribution in [3.05, 3.63) is 53.6 Å². The van der Waals surface area contributed by atoms with Crippen molar-refractivity contribution in [1.29, 1.82) is 0 Å². The third kappa shape index (κ3) is 3.19. The maximum absolute atomic E-state index is 13.1.